The number of fused-ring (bicyclic) bond motifs is 3. The van der Waals surface area contributed by atoms with Gasteiger partial charge >= 0.3 is 0 Å². The first-order valence-electron chi connectivity index (χ1n) is 18.9. The zero-order valence-corrected chi connectivity index (χ0v) is 33.7. The lowest BCUT2D eigenvalue weighted by molar-refractivity contribution is 0.267. The van der Waals surface area contributed by atoms with E-state index < -0.39 is 0 Å². The van der Waals surface area contributed by atoms with Crippen LogP contribution >= 0.6 is 15.9 Å². The molecule has 0 saturated carbocycles. The van der Waals surface area contributed by atoms with E-state index in [2.05, 4.69) is 214 Å². The van der Waals surface area contributed by atoms with Gasteiger partial charge in [0.1, 0.15) is 22.8 Å². The molecule has 0 saturated heterocycles. The topological polar surface area (TPSA) is 18.5 Å². The molecule has 0 heterocycles. The first kappa shape index (κ1) is 42.6. The summed E-state index contributed by atoms with van der Waals surface area (Å²) in [5.41, 5.74) is 7.56. The lowest BCUT2D eigenvalue weighted by Gasteiger charge is -2.26. The Bertz CT molecular complexity index is 2590. The van der Waals surface area contributed by atoms with E-state index in [1.165, 1.54) is 78.3 Å². The Morgan fingerprint density at radius 1 is 0.491 bits per heavy atom. The van der Waals surface area contributed by atoms with Gasteiger partial charge in [-0.1, -0.05) is 127 Å². The van der Waals surface area contributed by atoms with Crippen molar-refractivity contribution >= 4 is 15.9 Å². The number of rotatable bonds is 15. The molecule has 0 aliphatic heterocycles. The van der Waals surface area contributed by atoms with E-state index in [1.54, 1.807) is 0 Å². The summed E-state index contributed by atoms with van der Waals surface area (Å²) in [6.45, 7) is 3.49. The highest BCUT2D eigenvalue weighted by molar-refractivity contribution is 9.10. The van der Waals surface area contributed by atoms with Crippen LogP contribution in [0.3, 0.4) is 0 Å². The lowest BCUT2D eigenvalue weighted by atomic mass is 9.88. The van der Waals surface area contributed by atoms with Gasteiger partial charge in [0.2, 0.25) is 0 Å². The van der Waals surface area contributed by atoms with Crippen LogP contribution in [0.25, 0.3) is 11.1 Å². The number of unbranched alkanes of at least 4 members (excludes halogenated alkanes) is 9. The van der Waals surface area contributed by atoms with E-state index in [0.717, 1.165) is 31.6 Å². The van der Waals surface area contributed by atoms with Crippen LogP contribution in [0.15, 0.2) is 66.7 Å². The maximum absolute atomic E-state index is 6.28. The molecule has 1 unspecified atom stereocenters. The van der Waals surface area contributed by atoms with Crippen molar-refractivity contribution in [3.63, 3.8) is 0 Å². The lowest BCUT2D eigenvalue weighted by Crippen LogP contribution is -2.18. The number of terminal acetylenes is 1. The second-order valence-corrected chi connectivity index (χ2v) is 13.8. The smallest absolute Gasteiger partial charge is 0.124 e. The highest BCUT2D eigenvalue weighted by Gasteiger charge is 2.42. The fourth-order valence-corrected chi connectivity index (χ4v) is 6.95. The standard InChI is InChI=1S/C54H39BrO2/c1-3-4-5-6-7-8-9-10-11-12-13-14-15-16-17-18-21-24-27-32-42-56-43-33-28-25-22-19-20-23-26-29-34-44-57-49-40-41-51-50-38-30-31-39-52(50)54(55,53(51)46-49)48-37-35-36-47(2)45-48/h1,30-31,35-41,45-46H,19-20,22-23,25-26,28-29,33-34,43-44H2,2H3. The van der Waals surface area contributed by atoms with Crippen LogP contribution in [-0.2, 0) is 9.06 Å². The van der Waals surface area contributed by atoms with Crippen LogP contribution < -0.4 is 4.74 Å². The Hall–Kier alpha value is -7.10. The average molecular weight is 800 g/mol. The zero-order chi connectivity index (χ0) is 40.1. The van der Waals surface area contributed by atoms with Gasteiger partial charge in [-0.15, -0.1) is 6.42 Å². The number of hydrogen-bond acceptors (Lipinski definition) is 2. The maximum Gasteiger partial charge on any atom is 0.124 e. The summed E-state index contributed by atoms with van der Waals surface area (Å²) in [4.78, 5) is 0. The summed E-state index contributed by atoms with van der Waals surface area (Å²) in [5, 5.41) is 0. The molecule has 0 fully saturated rings. The van der Waals surface area contributed by atoms with Gasteiger partial charge in [0.25, 0.3) is 0 Å². The molecule has 57 heavy (non-hydrogen) atoms. The summed E-state index contributed by atoms with van der Waals surface area (Å²) in [6.07, 6.45) is 19.5. The van der Waals surface area contributed by atoms with E-state index in [4.69, 9.17) is 15.9 Å². The molecule has 0 spiro atoms. The van der Waals surface area contributed by atoms with Gasteiger partial charge < -0.3 is 9.47 Å². The van der Waals surface area contributed by atoms with Crippen molar-refractivity contribution in [2.45, 2.75) is 75.5 Å². The molecule has 3 heteroatoms. The molecule has 1 aliphatic carbocycles. The third-order valence-corrected chi connectivity index (χ3v) is 9.91. The van der Waals surface area contributed by atoms with Gasteiger partial charge in [-0.2, -0.15) is 0 Å². The van der Waals surface area contributed by atoms with Crippen LogP contribution in [-0.4, -0.2) is 13.2 Å². The minimum Gasteiger partial charge on any atom is -0.494 e. The van der Waals surface area contributed by atoms with E-state index in [0.29, 0.717) is 6.61 Å². The number of hydrogen-bond donors (Lipinski definition) is 0. The van der Waals surface area contributed by atoms with E-state index >= 15 is 0 Å². The van der Waals surface area contributed by atoms with Crippen molar-refractivity contribution in [3.8, 4) is 148 Å². The third-order valence-electron chi connectivity index (χ3n) is 8.60. The monoisotopic (exact) mass is 798 g/mol. The Kier molecular flexibility index (Phi) is 19.3. The molecule has 3 aromatic carbocycles. The third kappa shape index (κ3) is 14.9. The fourth-order valence-electron chi connectivity index (χ4n) is 6.03. The summed E-state index contributed by atoms with van der Waals surface area (Å²) in [5.74, 6) is 51.1. The van der Waals surface area contributed by atoms with E-state index in [1.807, 2.05) is 0 Å². The Morgan fingerprint density at radius 3 is 1.54 bits per heavy atom. The van der Waals surface area contributed by atoms with Crippen LogP contribution in [0, 0.1) is 138 Å². The Morgan fingerprint density at radius 2 is 0.982 bits per heavy atom. The molecule has 0 N–H and O–H groups in total. The van der Waals surface area contributed by atoms with E-state index in [-0.39, 0.29) is 4.32 Å². The average Bonchev–Trinajstić information content (AvgIpc) is 3.49. The number of benzene rings is 3. The minimum absolute atomic E-state index is 0.389. The van der Waals surface area contributed by atoms with Gasteiger partial charge in [-0.05, 0) is 107 Å². The molecule has 0 bridgehead atoms. The van der Waals surface area contributed by atoms with Crippen LogP contribution in [0.2, 0.25) is 0 Å². The summed E-state index contributed by atoms with van der Waals surface area (Å²) >= 11 is 4.21. The second kappa shape index (κ2) is 25.8. The predicted molar refractivity (Wildman–Crippen MR) is 236 cm³/mol. The summed E-state index contributed by atoms with van der Waals surface area (Å²) in [6, 6.07) is 24.0. The first-order chi connectivity index (χ1) is 28.1. The molecular weight excluding hydrogens is 760 g/mol. The highest BCUT2D eigenvalue weighted by atomic mass is 79.9. The van der Waals surface area contributed by atoms with Crippen LogP contribution in [0.4, 0.5) is 0 Å². The molecule has 4 rings (SSSR count). The van der Waals surface area contributed by atoms with E-state index in [9.17, 15) is 0 Å². The van der Waals surface area contributed by atoms with Crippen molar-refractivity contribution in [2.75, 3.05) is 13.2 Å². The van der Waals surface area contributed by atoms with Gasteiger partial charge in [0.05, 0.1) is 6.61 Å². The predicted octanol–water partition coefficient (Wildman–Crippen LogP) is 9.58. The number of aryl methyl sites for hydroxylation is 1. The quantitative estimate of drug-likeness (QED) is 0.0867. The highest BCUT2D eigenvalue weighted by Crippen LogP contribution is 2.56. The molecule has 3 aromatic rings. The Balaban J connectivity index is 0.995. The van der Waals surface area contributed by atoms with Gasteiger partial charge in [-0.3, -0.25) is 0 Å². The van der Waals surface area contributed by atoms with Crippen molar-refractivity contribution in [1.82, 2.24) is 0 Å². The number of ether oxygens (including phenoxy) is 2. The molecule has 274 valence electrons. The van der Waals surface area contributed by atoms with Crippen molar-refractivity contribution in [3.05, 3.63) is 89.0 Å². The molecule has 0 radical (unpaired) electrons. The van der Waals surface area contributed by atoms with Gasteiger partial charge in [0, 0.05) is 71.0 Å². The summed E-state index contributed by atoms with van der Waals surface area (Å²) < 4.78 is 11.2. The minimum atomic E-state index is -0.389. The molecular formula is C54H39BrO2. The fraction of sp³-hybridized carbons (Fsp3) is 0.259. The molecule has 1 aliphatic rings. The number of alkyl halides is 1. The van der Waals surface area contributed by atoms with Crippen molar-refractivity contribution < 1.29 is 9.47 Å². The molecule has 1 atom stereocenters. The Labute approximate surface area is 349 Å². The summed E-state index contributed by atoms with van der Waals surface area (Å²) in [7, 11) is 0. The second-order valence-electron chi connectivity index (χ2n) is 12.6. The largest absolute Gasteiger partial charge is 0.494 e. The van der Waals surface area contributed by atoms with Gasteiger partial charge in [-0.25, -0.2) is 0 Å². The molecule has 0 aromatic heterocycles. The van der Waals surface area contributed by atoms with Crippen LogP contribution in [0.1, 0.15) is 86.5 Å². The SMILES string of the molecule is C#CC#CC#CC#CC#CC#CC#CC#CC#CC#CC#COCCCCCCCCCCCCOc1ccc2c(c1)C(Br)(c1cccc(C)c1)c1ccccc1-2. The molecule has 0 amide bonds. The molecule has 2 nitrogen and oxygen atoms in total. The van der Waals surface area contributed by atoms with Gasteiger partial charge in [0.15, 0.2) is 0 Å². The first-order valence-corrected chi connectivity index (χ1v) is 19.6. The zero-order valence-electron chi connectivity index (χ0n) is 32.1. The normalized spacial score (nSPS) is 11.5. The maximum atomic E-state index is 6.28. The van der Waals surface area contributed by atoms with Crippen LogP contribution in [0.5, 0.6) is 5.75 Å². The van der Waals surface area contributed by atoms with Crippen molar-refractivity contribution in [1.29, 1.82) is 0 Å². The van der Waals surface area contributed by atoms with Crippen molar-refractivity contribution in [2.24, 2.45) is 0 Å². The number of halogens is 1.